The number of rotatable bonds is 3. The van der Waals surface area contributed by atoms with Crippen molar-refractivity contribution >= 4 is 34.1 Å². The van der Waals surface area contributed by atoms with E-state index >= 15 is 0 Å². The predicted octanol–water partition coefficient (Wildman–Crippen LogP) is 5.65. The fourth-order valence-corrected chi connectivity index (χ4v) is 4.33. The third-order valence-electron chi connectivity index (χ3n) is 5.56. The minimum atomic E-state index is -0.255. The molecule has 1 aliphatic heterocycles. The van der Waals surface area contributed by atoms with Crippen LogP contribution in [-0.4, -0.2) is 32.1 Å². The molecular weight excluding hydrogens is 438 g/mol. The van der Waals surface area contributed by atoms with Crippen LogP contribution in [-0.2, 0) is 13.1 Å². The molecule has 158 valence electrons. The molecule has 2 aromatic heterocycles. The number of hydrogen-bond donors (Lipinski definition) is 0. The normalized spacial score (nSPS) is 16.7. The van der Waals surface area contributed by atoms with Crippen LogP contribution in [0.3, 0.4) is 0 Å². The molecule has 0 N–H and O–H groups in total. The summed E-state index contributed by atoms with van der Waals surface area (Å²) >= 11 is 12.5. The van der Waals surface area contributed by atoms with Gasteiger partial charge in [-0.15, -0.1) is 0 Å². The molecule has 0 fully saturated rings. The SMILES string of the molecule is C[C@@H]1COc2c(Cl)cc(-n3ccc4cc(F)ccc43)cc2CN1Cc1cnc(Cl)nc1. The van der Waals surface area contributed by atoms with E-state index in [4.69, 9.17) is 27.9 Å². The van der Waals surface area contributed by atoms with Crippen LogP contribution >= 0.6 is 23.2 Å². The number of benzene rings is 2. The zero-order chi connectivity index (χ0) is 21.5. The Morgan fingerprint density at radius 3 is 2.74 bits per heavy atom. The van der Waals surface area contributed by atoms with E-state index in [0.717, 1.165) is 27.7 Å². The molecule has 0 saturated heterocycles. The maximum atomic E-state index is 13.6. The van der Waals surface area contributed by atoms with E-state index < -0.39 is 0 Å². The van der Waals surface area contributed by atoms with Crippen molar-refractivity contribution in [2.24, 2.45) is 0 Å². The lowest BCUT2D eigenvalue weighted by molar-refractivity contribution is 0.151. The second kappa shape index (κ2) is 8.11. The number of fused-ring (bicyclic) bond motifs is 2. The third-order valence-corrected chi connectivity index (χ3v) is 6.04. The Hall–Kier alpha value is -2.67. The van der Waals surface area contributed by atoms with Crippen LogP contribution in [0, 0.1) is 5.82 Å². The van der Waals surface area contributed by atoms with Crippen LogP contribution in [0.15, 0.2) is 55.0 Å². The van der Waals surface area contributed by atoms with E-state index in [0.29, 0.717) is 30.5 Å². The van der Waals surface area contributed by atoms with Crippen molar-refractivity contribution in [3.63, 3.8) is 0 Å². The van der Waals surface area contributed by atoms with E-state index in [1.165, 1.54) is 12.1 Å². The molecule has 5 nitrogen and oxygen atoms in total. The molecular formula is C23H19Cl2FN4O. The Morgan fingerprint density at radius 1 is 1.13 bits per heavy atom. The van der Waals surface area contributed by atoms with Crippen LogP contribution in [0.2, 0.25) is 10.3 Å². The second-order valence-electron chi connectivity index (χ2n) is 7.73. The van der Waals surface area contributed by atoms with Crippen molar-refractivity contribution in [1.29, 1.82) is 0 Å². The lowest BCUT2D eigenvalue weighted by Gasteiger charge is -2.25. The van der Waals surface area contributed by atoms with Crippen molar-refractivity contribution < 1.29 is 9.13 Å². The quantitative estimate of drug-likeness (QED) is 0.373. The van der Waals surface area contributed by atoms with Gasteiger partial charge in [-0.2, -0.15) is 0 Å². The van der Waals surface area contributed by atoms with Gasteiger partial charge in [0.25, 0.3) is 0 Å². The monoisotopic (exact) mass is 456 g/mol. The Balaban J connectivity index is 1.51. The summed E-state index contributed by atoms with van der Waals surface area (Å²) in [6.45, 7) is 3.95. The molecule has 0 unspecified atom stereocenters. The Bertz CT molecular complexity index is 1260. The summed E-state index contributed by atoms with van der Waals surface area (Å²) in [4.78, 5) is 10.5. The number of ether oxygens (including phenoxy) is 1. The zero-order valence-electron chi connectivity index (χ0n) is 16.7. The maximum Gasteiger partial charge on any atom is 0.222 e. The summed E-state index contributed by atoms with van der Waals surface area (Å²) in [5.74, 6) is 0.448. The number of nitrogens with zero attached hydrogens (tertiary/aromatic N) is 4. The third kappa shape index (κ3) is 3.99. The van der Waals surface area contributed by atoms with Crippen molar-refractivity contribution in [1.82, 2.24) is 19.4 Å². The molecule has 0 saturated carbocycles. The minimum Gasteiger partial charge on any atom is -0.490 e. The molecule has 1 aliphatic rings. The standard InChI is InChI=1S/C23H19Cl2FN4O/c1-14-13-31-22-17(12-29(14)11-15-9-27-23(25)28-10-15)7-19(8-20(22)24)30-5-4-16-6-18(26)2-3-21(16)30/h2-10,14H,11-13H2,1H3/t14-/m1/s1. The van der Waals surface area contributed by atoms with Gasteiger partial charge in [-0.25, -0.2) is 14.4 Å². The number of halogens is 3. The lowest BCUT2D eigenvalue weighted by atomic mass is 10.1. The molecule has 0 radical (unpaired) electrons. The molecule has 8 heteroatoms. The molecule has 0 amide bonds. The summed E-state index contributed by atoms with van der Waals surface area (Å²) < 4.78 is 21.7. The van der Waals surface area contributed by atoms with Gasteiger partial charge in [-0.1, -0.05) is 11.6 Å². The average molecular weight is 457 g/mol. The van der Waals surface area contributed by atoms with Crippen molar-refractivity contribution in [3.05, 3.63) is 82.2 Å². The summed E-state index contributed by atoms with van der Waals surface area (Å²) in [5.41, 5.74) is 3.78. The Morgan fingerprint density at radius 2 is 1.94 bits per heavy atom. The molecule has 2 aromatic carbocycles. The molecule has 0 aliphatic carbocycles. The summed E-state index contributed by atoms with van der Waals surface area (Å²) in [5, 5.41) is 1.62. The van der Waals surface area contributed by atoms with Gasteiger partial charge in [0, 0.05) is 59.9 Å². The fraction of sp³-hybridized carbons (Fsp3) is 0.217. The molecule has 3 heterocycles. The maximum absolute atomic E-state index is 13.6. The van der Waals surface area contributed by atoms with Gasteiger partial charge in [0.05, 0.1) is 10.5 Å². The van der Waals surface area contributed by atoms with Gasteiger partial charge in [0.15, 0.2) is 0 Å². The minimum absolute atomic E-state index is 0.165. The number of hydrogen-bond acceptors (Lipinski definition) is 4. The van der Waals surface area contributed by atoms with Crippen LogP contribution in [0.25, 0.3) is 16.6 Å². The van der Waals surface area contributed by atoms with E-state index in [1.54, 1.807) is 18.5 Å². The van der Waals surface area contributed by atoms with E-state index in [1.807, 2.05) is 22.9 Å². The molecule has 0 spiro atoms. The van der Waals surface area contributed by atoms with E-state index in [-0.39, 0.29) is 17.1 Å². The van der Waals surface area contributed by atoms with Crippen LogP contribution < -0.4 is 4.74 Å². The van der Waals surface area contributed by atoms with Crippen LogP contribution in [0.4, 0.5) is 4.39 Å². The van der Waals surface area contributed by atoms with Crippen LogP contribution in [0.1, 0.15) is 18.1 Å². The summed E-state index contributed by atoms with van der Waals surface area (Å²) in [6.07, 6.45) is 5.40. The fourth-order valence-electron chi connectivity index (χ4n) is 3.94. The average Bonchev–Trinajstić information content (AvgIpc) is 3.09. The van der Waals surface area contributed by atoms with Crippen molar-refractivity contribution in [2.45, 2.75) is 26.1 Å². The highest BCUT2D eigenvalue weighted by Crippen LogP contribution is 2.36. The summed E-state index contributed by atoms with van der Waals surface area (Å²) in [7, 11) is 0. The van der Waals surface area contributed by atoms with Gasteiger partial charge in [0.1, 0.15) is 18.2 Å². The van der Waals surface area contributed by atoms with Crippen molar-refractivity contribution in [2.75, 3.05) is 6.61 Å². The van der Waals surface area contributed by atoms with Crippen molar-refractivity contribution in [3.8, 4) is 11.4 Å². The lowest BCUT2D eigenvalue weighted by Crippen LogP contribution is -2.34. The van der Waals surface area contributed by atoms with Crippen LogP contribution in [0.5, 0.6) is 5.75 Å². The van der Waals surface area contributed by atoms with E-state index in [2.05, 4.69) is 27.9 Å². The zero-order valence-corrected chi connectivity index (χ0v) is 18.2. The Labute approximate surface area is 189 Å². The molecule has 1 atom stereocenters. The van der Waals surface area contributed by atoms with Gasteiger partial charge in [-0.05, 0) is 54.9 Å². The van der Waals surface area contributed by atoms with Gasteiger partial charge < -0.3 is 9.30 Å². The van der Waals surface area contributed by atoms with Gasteiger partial charge in [0.2, 0.25) is 5.28 Å². The highest BCUT2D eigenvalue weighted by molar-refractivity contribution is 6.32. The second-order valence-corrected chi connectivity index (χ2v) is 8.48. The first-order valence-electron chi connectivity index (χ1n) is 9.90. The highest BCUT2D eigenvalue weighted by atomic mass is 35.5. The topological polar surface area (TPSA) is 43.2 Å². The summed E-state index contributed by atoms with van der Waals surface area (Å²) in [6, 6.07) is 10.8. The molecule has 31 heavy (non-hydrogen) atoms. The largest absolute Gasteiger partial charge is 0.490 e. The molecule has 4 aromatic rings. The first-order chi connectivity index (χ1) is 15.0. The first kappa shape index (κ1) is 20.2. The van der Waals surface area contributed by atoms with Gasteiger partial charge >= 0.3 is 0 Å². The molecule has 0 bridgehead atoms. The van der Waals surface area contributed by atoms with E-state index in [9.17, 15) is 4.39 Å². The first-order valence-corrected chi connectivity index (χ1v) is 10.7. The highest BCUT2D eigenvalue weighted by Gasteiger charge is 2.24. The Kier molecular flexibility index (Phi) is 5.30. The molecule has 5 rings (SSSR count). The predicted molar refractivity (Wildman–Crippen MR) is 119 cm³/mol. The smallest absolute Gasteiger partial charge is 0.222 e. The number of aromatic nitrogens is 3. The van der Waals surface area contributed by atoms with Gasteiger partial charge in [-0.3, -0.25) is 4.90 Å².